The van der Waals surface area contributed by atoms with E-state index >= 15 is 0 Å². The molecule has 0 spiro atoms. The molecule has 0 fully saturated rings. The summed E-state index contributed by atoms with van der Waals surface area (Å²) in [5, 5.41) is 0. The van der Waals surface area contributed by atoms with Crippen molar-refractivity contribution in [2.24, 2.45) is 0 Å². The van der Waals surface area contributed by atoms with Crippen LogP contribution in [0.2, 0.25) is 26.2 Å². The standard InChI is InChI=1S/C9H7.C5H15O2Si2.C4H10N.2ClH.Ti/c1-2-5-9-7-3-6-8(9)4-1;1-6-8(2)7-9(3,4)5;1-4(2,3)5;;;/h1-7H;1-5H3;5H,1-3H3;2*1H;/q;;-1;;;+3/p-2. The Hall–Kier alpha value is 0.568. The first-order chi connectivity index (χ1) is 11.6. The van der Waals surface area contributed by atoms with Crippen LogP contribution >= 0.6 is 18.6 Å². The summed E-state index contributed by atoms with van der Waals surface area (Å²) in [6.07, 6.45) is 1.32. The molecular weight excluding hydrogens is 437 g/mol. The van der Waals surface area contributed by atoms with Crippen LogP contribution in [0.1, 0.15) is 36.1 Å². The molecule has 0 aromatic heterocycles. The molecule has 0 amide bonds. The monoisotopic (exact) mass is 468 g/mol. The van der Waals surface area contributed by atoms with Crippen LogP contribution in [0, 0.1) is 0 Å². The van der Waals surface area contributed by atoms with Gasteiger partial charge in [0.05, 0.1) is 0 Å². The first-order valence-corrected chi connectivity index (χ1v) is 23.1. The average Bonchev–Trinajstić information content (AvgIpc) is 2.88. The second-order valence-electron chi connectivity index (χ2n) is 9.29. The maximum absolute atomic E-state index is 7.66. The second-order valence-corrected chi connectivity index (χ2v) is 39.8. The van der Waals surface area contributed by atoms with E-state index in [4.69, 9.17) is 27.2 Å². The Morgan fingerprint density at radius 2 is 1.65 bits per heavy atom. The molecular formula is C18H32Cl2NO2Si2Ti. The molecule has 0 aliphatic heterocycles. The first kappa shape index (κ1) is 22.9. The fourth-order valence-electron chi connectivity index (χ4n) is 3.76. The van der Waals surface area contributed by atoms with E-state index in [-0.39, 0.29) is 9.76 Å². The molecule has 3 nitrogen and oxygen atoms in total. The quantitative estimate of drug-likeness (QED) is 0.509. The molecule has 26 heavy (non-hydrogen) atoms. The van der Waals surface area contributed by atoms with Gasteiger partial charge in [-0.1, -0.05) is 0 Å². The van der Waals surface area contributed by atoms with Gasteiger partial charge in [0.15, 0.2) is 0 Å². The third kappa shape index (κ3) is 4.26. The molecule has 1 aromatic carbocycles. The summed E-state index contributed by atoms with van der Waals surface area (Å²) in [7, 11) is 15.1. The van der Waals surface area contributed by atoms with Crippen molar-refractivity contribution < 1.29 is 21.2 Å². The molecule has 0 saturated carbocycles. The number of halogens is 2. The number of allylic oxidation sites excluding steroid dienone is 1. The predicted octanol–water partition coefficient (Wildman–Crippen LogP) is 6.12. The molecule has 0 radical (unpaired) electrons. The molecule has 0 bridgehead atoms. The van der Waals surface area contributed by atoms with Crippen LogP contribution in [0.5, 0.6) is 0 Å². The Labute approximate surface area is 169 Å². The van der Waals surface area contributed by atoms with Crippen molar-refractivity contribution in [2.45, 2.75) is 56.7 Å². The molecule has 0 saturated heterocycles. The van der Waals surface area contributed by atoms with Gasteiger partial charge in [0.2, 0.25) is 0 Å². The van der Waals surface area contributed by atoms with E-state index in [0.29, 0.717) is 0 Å². The van der Waals surface area contributed by atoms with Gasteiger partial charge in [-0.05, 0) is 0 Å². The number of fused-ring (bicyclic) bond motifs is 1. The molecule has 1 aliphatic rings. The van der Waals surface area contributed by atoms with E-state index in [1.165, 1.54) is 11.1 Å². The number of hydrogen-bond donors (Lipinski definition) is 1. The Morgan fingerprint density at radius 1 is 1.08 bits per heavy atom. The summed E-state index contributed by atoms with van der Waals surface area (Å²) in [6, 6.07) is 8.31. The topological polar surface area (TPSA) is 30.5 Å². The molecule has 8 heteroatoms. The summed E-state index contributed by atoms with van der Waals surface area (Å²) < 4.78 is 16.4. The van der Waals surface area contributed by atoms with Gasteiger partial charge < -0.3 is 0 Å². The summed E-state index contributed by atoms with van der Waals surface area (Å²) in [5.41, 5.74) is 2.08. The van der Waals surface area contributed by atoms with Crippen LogP contribution < -0.4 is 3.80 Å². The first-order valence-electron chi connectivity index (χ1n) is 9.01. The van der Waals surface area contributed by atoms with E-state index in [9.17, 15) is 0 Å². The minimum absolute atomic E-state index is 0.0984. The Balaban J connectivity index is 2.71. The van der Waals surface area contributed by atoms with Crippen molar-refractivity contribution in [3.8, 4) is 0 Å². The predicted molar refractivity (Wildman–Crippen MR) is 116 cm³/mol. The molecule has 147 valence electrons. The van der Waals surface area contributed by atoms with E-state index < -0.39 is 27.4 Å². The van der Waals surface area contributed by atoms with Gasteiger partial charge in [-0.2, -0.15) is 0 Å². The van der Waals surface area contributed by atoms with E-state index in [0.717, 1.165) is 0 Å². The molecule has 2 rings (SSSR count). The van der Waals surface area contributed by atoms with Gasteiger partial charge in [-0.15, -0.1) is 0 Å². The SMILES string of the molecule is CO[Si](C)(O[Si](C)(C)C)[Ti]([Cl])([Cl])([NH]C(C)(C)C)[CH]1C=Cc2ccccc21. The summed E-state index contributed by atoms with van der Waals surface area (Å²) in [6.45, 7) is 14.8. The van der Waals surface area contributed by atoms with Crippen molar-refractivity contribution in [2.75, 3.05) is 7.11 Å². The molecule has 2 unspecified atom stereocenters. The zero-order valence-electron chi connectivity index (χ0n) is 17.1. The van der Waals surface area contributed by atoms with E-state index in [1.807, 2.05) is 12.1 Å². The van der Waals surface area contributed by atoms with Gasteiger partial charge in [-0.25, -0.2) is 0 Å². The third-order valence-corrected chi connectivity index (χ3v) is 38.7. The van der Waals surface area contributed by atoms with Crippen LogP contribution in [0.15, 0.2) is 30.3 Å². The minimum atomic E-state index is -4.63. The van der Waals surface area contributed by atoms with Crippen molar-refractivity contribution in [3.63, 3.8) is 0 Å². The molecule has 1 aliphatic carbocycles. The normalized spacial score (nSPS) is 21.8. The maximum atomic E-state index is 7.66. The molecule has 2 atom stereocenters. The van der Waals surface area contributed by atoms with Crippen molar-refractivity contribution in [1.82, 2.24) is 3.80 Å². The van der Waals surface area contributed by atoms with Crippen LogP contribution in [0.25, 0.3) is 6.08 Å². The Bertz CT molecular complexity index is 716. The summed E-state index contributed by atoms with van der Waals surface area (Å²) in [5.74, 6) is 0. The third-order valence-electron chi connectivity index (χ3n) is 4.67. The van der Waals surface area contributed by atoms with Gasteiger partial charge in [0, 0.05) is 0 Å². The van der Waals surface area contributed by atoms with Crippen molar-refractivity contribution in [3.05, 3.63) is 41.5 Å². The zero-order valence-corrected chi connectivity index (χ0v) is 22.2. The van der Waals surface area contributed by atoms with Crippen molar-refractivity contribution >= 4 is 39.4 Å². The average molecular weight is 469 g/mol. The zero-order chi connectivity index (χ0) is 20.0. The van der Waals surface area contributed by atoms with Crippen LogP contribution in [-0.4, -0.2) is 27.4 Å². The fourth-order valence-corrected chi connectivity index (χ4v) is 38.7. The Morgan fingerprint density at radius 3 is 2.15 bits per heavy atom. The summed E-state index contributed by atoms with van der Waals surface area (Å²) >= 11 is -4.63. The summed E-state index contributed by atoms with van der Waals surface area (Å²) in [4.78, 5) is 0. The second kappa shape index (κ2) is 7.12. The van der Waals surface area contributed by atoms with Gasteiger partial charge in [0.1, 0.15) is 0 Å². The number of hydrogen-bond acceptors (Lipinski definition) is 3. The molecule has 1 N–H and O–H groups in total. The number of benzene rings is 1. The van der Waals surface area contributed by atoms with E-state index in [2.05, 4.69) is 75.0 Å². The number of nitrogens with one attached hydrogen (secondary N) is 1. The number of rotatable bonds is 6. The van der Waals surface area contributed by atoms with E-state index in [1.54, 1.807) is 7.11 Å². The van der Waals surface area contributed by atoms with Gasteiger partial charge >= 0.3 is 170 Å². The van der Waals surface area contributed by atoms with Gasteiger partial charge in [0.25, 0.3) is 0 Å². The molecule has 0 heterocycles. The van der Waals surface area contributed by atoms with Crippen LogP contribution in [0.3, 0.4) is 0 Å². The molecule has 1 aromatic rings. The van der Waals surface area contributed by atoms with Crippen LogP contribution in [0.4, 0.5) is 0 Å². The Kier molecular flexibility index (Phi) is 6.26. The van der Waals surface area contributed by atoms with Crippen molar-refractivity contribution in [1.29, 1.82) is 0 Å². The van der Waals surface area contributed by atoms with Gasteiger partial charge in [-0.3, -0.25) is 0 Å². The fraction of sp³-hybridized carbons (Fsp3) is 0.556. The van der Waals surface area contributed by atoms with Crippen LogP contribution in [-0.2, 0) is 21.2 Å².